The number of thiazole rings is 1. The molecule has 0 fully saturated rings. The van der Waals surface area contributed by atoms with Gasteiger partial charge in [-0.3, -0.25) is 4.79 Å². The van der Waals surface area contributed by atoms with Crippen LogP contribution < -0.4 is 4.90 Å². The molecule has 0 saturated carbocycles. The van der Waals surface area contributed by atoms with Gasteiger partial charge in [-0.05, 0) is 25.5 Å². The second-order valence-corrected chi connectivity index (χ2v) is 5.27. The zero-order chi connectivity index (χ0) is 15.4. The van der Waals surface area contributed by atoms with Crippen molar-refractivity contribution in [2.24, 2.45) is 0 Å². The number of anilines is 1. The lowest BCUT2D eigenvalue weighted by molar-refractivity contribution is 0.0526. The van der Waals surface area contributed by atoms with Crippen LogP contribution in [0.2, 0.25) is 0 Å². The van der Waals surface area contributed by atoms with E-state index in [4.69, 9.17) is 4.74 Å². The van der Waals surface area contributed by atoms with Gasteiger partial charge in [0.25, 0.3) is 5.91 Å². The third kappa shape index (κ3) is 3.28. The molecule has 0 radical (unpaired) electrons. The van der Waals surface area contributed by atoms with Crippen LogP contribution in [-0.2, 0) is 4.74 Å². The molecule has 0 aliphatic rings. The monoisotopic (exact) mass is 304 g/mol. The molecule has 0 saturated heterocycles. The van der Waals surface area contributed by atoms with Crippen molar-refractivity contribution >= 4 is 28.9 Å². The third-order valence-electron chi connectivity index (χ3n) is 2.95. The van der Waals surface area contributed by atoms with Gasteiger partial charge in [0.2, 0.25) is 5.01 Å². The number of para-hydroxylation sites is 1. The third-order valence-corrected chi connectivity index (χ3v) is 3.78. The number of amides is 1. The molecule has 21 heavy (non-hydrogen) atoms. The van der Waals surface area contributed by atoms with Crippen LogP contribution in [0.25, 0.3) is 0 Å². The number of hydrogen-bond acceptors (Lipinski definition) is 5. The molecule has 0 bridgehead atoms. The summed E-state index contributed by atoms with van der Waals surface area (Å²) in [4.78, 5) is 29.6. The molecule has 0 aliphatic heterocycles. The van der Waals surface area contributed by atoms with Gasteiger partial charge in [0.05, 0.1) is 6.61 Å². The summed E-state index contributed by atoms with van der Waals surface area (Å²) in [5.74, 6) is -0.754. The summed E-state index contributed by atoms with van der Waals surface area (Å²) in [5.41, 5.74) is 2.05. The Balaban J connectivity index is 2.21. The Morgan fingerprint density at radius 2 is 2.05 bits per heavy atom. The Morgan fingerprint density at radius 1 is 1.33 bits per heavy atom. The second kappa shape index (κ2) is 6.49. The van der Waals surface area contributed by atoms with Crippen LogP contribution in [0.15, 0.2) is 29.6 Å². The summed E-state index contributed by atoms with van der Waals surface area (Å²) in [5, 5.41) is 1.77. The molecular formula is C15H16N2O3S. The fourth-order valence-electron chi connectivity index (χ4n) is 1.88. The van der Waals surface area contributed by atoms with Crippen molar-refractivity contribution in [2.75, 3.05) is 18.6 Å². The molecule has 1 aromatic heterocycles. The van der Waals surface area contributed by atoms with Crippen LogP contribution in [0.5, 0.6) is 0 Å². The molecule has 110 valence electrons. The van der Waals surface area contributed by atoms with E-state index >= 15 is 0 Å². The molecule has 0 atom stereocenters. The van der Waals surface area contributed by atoms with Gasteiger partial charge < -0.3 is 9.64 Å². The van der Waals surface area contributed by atoms with Crippen LogP contribution >= 0.6 is 11.3 Å². The first-order chi connectivity index (χ1) is 10.0. The molecule has 1 amide bonds. The molecule has 1 aromatic carbocycles. The number of rotatable bonds is 4. The van der Waals surface area contributed by atoms with Gasteiger partial charge in [-0.1, -0.05) is 18.2 Å². The Bertz CT molecular complexity index is 666. The van der Waals surface area contributed by atoms with E-state index in [1.807, 2.05) is 31.2 Å². The van der Waals surface area contributed by atoms with Gasteiger partial charge >= 0.3 is 5.97 Å². The minimum absolute atomic E-state index is 0.193. The van der Waals surface area contributed by atoms with Crippen LogP contribution in [0.3, 0.4) is 0 Å². The fraction of sp³-hybridized carbons (Fsp3) is 0.267. The first-order valence-electron chi connectivity index (χ1n) is 6.51. The maximum Gasteiger partial charge on any atom is 0.367 e. The molecule has 6 heteroatoms. The van der Waals surface area contributed by atoms with Crippen molar-refractivity contribution < 1.29 is 14.3 Å². The highest BCUT2D eigenvalue weighted by Crippen LogP contribution is 2.21. The summed E-state index contributed by atoms with van der Waals surface area (Å²) >= 11 is 1.11. The zero-order valence-corrected chi connectivity index (χ0v) is 12.9. The van der Waals surface area contributed by atoms with Crippen molar-refractivity contribution in [3.8, 4) is 0 Å². The van der Waals surface area contributed by atoms with Crippen molar-refractivity contribution in [3.05, 3.63) is 45.9 Å². The molecule has 0 N–H and O–H groups in total. The maximum absolute atomic E-state index is 12.4. The topological polar surface area (TPSA) is 59.5 Å². The highest BCUT2D eigenvalue weighted by Gasteiger charge is 2.20. The van der Waals surface area contributed by atoms with Crippen LogP contribution in [-0.4, -0.2) is 30.5 Å². The van der Waals surface area contributed by atoms with Gasteiger partial charge in [-0.15, -0.1) is 11.3 Å². The van der Waals surface area contributed by atoms with Crippen molar-refractivity contribution in [1.29, 1.82) is 0 Å². The number of benzene rings is 1. The standard InChI is InChI=1S/C15H16N2O3S/c1-4-20-15(19)13-16-11(9-21-13)14(18)17(3)12-8-6-5-7-10(12)2/h5-9H,4H2,1-3H3. The number of carbonyl (C=O) groups is 2. The molecule has 5 nitrogen and oxygen atoms in total. The number of aryl methyl sites for hydroxylation is 1. The molecule has 0 unspecified atom stereocenters. The Kier molecular flexibility index (Phi) is 4.70. The predicted molar refractivity (Wildman–Crippen MR) is 82.0 cm³/mol. The average molecular weight is 304 g/mol. The van der Waals surface area contributed by atoms with Crippen molar-refractivity contribution in [3.63, 3.8) is 0 Å². The van der Waals surface area contributed by atoms with Gasteiger partial charge in [-0.25, -0.2) is 9.78 Å². The molecule has 2 rings (SSSR count). The van der Waals surface area contributed by atoms with Gasteiger partial charge in [0.15, 0.2) is 0 Å². The number of esters is 1. The van der Waals surface area contributed by atoms with E-state index in [1.165, 1.54) is 4.90 Å². The average Bonchev–Trinajstić information content (AvgIpc) is 2.96. The van der Waals surface area contributed by atoms with Crippen molar-refractivity contribution in [2.45, 2.75) is 13.8 Å². The fourth-order valence-corrected chi connectivity index (χ4v) is 2.56. The smallest absolute Gasteiger partial charge is 0.367 e. The van der Waals surface area contributed by atoms with E-state index in [2.05, 4.69) is 4.98 Å². The van der Waals surface area contributed by atoms with E-state index < -0.39 is 5.97 Å². The summed E-state index contributed by atoms with van der Waals surface area (Å²) in [6, 6.07) is 7.59. The first kappa shape index (κ1) is 15.2. The summed E-state index contributed by atoms with van der Waals surface area (Å²) < 4.78 is 4.87. The highest BCUT2D eigenvalue weighted by atomic mass is 32.1. The number of ether oxygens (including phenoxy) is 1. The maximum atomic E-state index is 12.4. The zero-order valence-electron chi connectivity index (χ0n) is 12.1. The minimum atomic E-state index is -0.500. The van der Waals surface area contributed by atoms with Gasteiger partial charge in [-0.2, -0.15) is 0 Å². The Hall–Kier alpha value is -2.21. The van der Waals surface area contributed by atoms with E-state index in [0.717, 1.165) is 22.6 Å². The quantitative estimate of drug-likeness (QED) is 0.815. The van der Waals surface area contributed by atoms with E-state index in [-0.39, 0.29) is 23.2 Å². The Labute approximate surface area is 127 Å². The van der Waals surface area contributed by atoms with Crippen LogP contribution in [0, 0.1) is 6.92 Å². The number of nitrogens with zero attached hydrogens (tertiary/aromatic N) is 2. The van der Waals surface area contributed by atoms with E-state index in [1.54, 1.807) is 19.4 Å². The van der Waals surface area contributed by atoms with E-state index in [9.17, 15) is 9.59 Å². The molecule has 0 spiro atoms. The summed E-state index contributed by atoms with van der Waals surface area (Å²) in [6.45, 7) is 3.94. The summed E-state index contributed by atoms with van der Waals surface area (Å²) in [7, 11) is 1.69. The normalized spacial score (nSPS) is 10.2. The molecule has 2 aromatic rings. The molecule has 0 aliphatic carbocycles. The van der Waals surface area contributed by atoms with Crippen molar-refractivity contribution in [1.82, 2.24) is 4.98 Å². The highest BCUT2D eigenvalue weighted by molar-refractivity contribution is 7.11. The second-order valence-electron chi connectivity index (χ2n) is 4.41. The van der Waals surface area contributed by atoms with Gasteiger partial charge in [0, 0.05) is 18.1 Å². The van der Waals surface area contributed by atoms with Crippen LogP contribution in [0.4, 0.5) is 5.69 Å². The molecule has 1 heterocycles. The first-order valence-corrected chi connectivity index (χ1v) is 7.39. The van der Waals surface area contributed by atoms with Crippen LogP contribution in [0.1, 0.15) is 32.8 Å². The lowest BCUT2D eigenvalue weighted by Crippen LogP contribution is -2.27. The predicted octanol–water partition coefficient (Wildman–Crippen LogP) is 2.90. The SMILES string of the molecule is CCOC(=O)c1nc(C(=O)N(C)c2ccccc2C)cs1. The lowest BCUT2D eigenvalue weighted by Gasteiger charge is -2.18. The molecular weight excluding hydrogens is 288 g/mol. The number of carbonyl (C=O) groups excluding carboxylic acids is 2. The number of hydrogen-bond donors (Lipinski definition) is 0. The van der Waals surface area contributed by atoms with Gasteiger partial charge in [0.1, 0.15) is 5.69 Å². The van der Waals surface area contributed by atoms with E-state index in [0.29, 0.717) is 0 Å². The largest absolute Gasteiger partial charge is 0.461 e. The number of aromatic nitrogens is 1. The Morgan fingerprint density at radius 3 is 2.71 bits per heavy atom. The summed E-state index contributed by atoms with van der Waals surface area (Å²) in [6.07, 6.45) is 0. The lowest BCUT2D eigenvalue weighted by atomic mass is 10.2. The minimum Gasteiger partial charge on any atom is -0.461 e.